The summed E-state index contributed by atoms with van der Waals surface area (Å²) in [4.78, 5) is 31.7. The second kappa shape index (κ2) is 11.8. The summed E-state index contributed by atoms with van der Waals surface area (Å²) < 4.78 is 11.3. The fourth-order valence-corrected chi connectivity index (χ4v) is 5.32. The summed E-state index contributed by atoms with van der Waals surface area (Å²) in [5.41, 5.74) is 3.75. The van der Waals surface area contributed by atoms with Crippen molar-refractivity contribution >= 4 is 40.0 Å². The quantitative estimate of drug-likeness (QED) is 0.273. The molecule has 2 aromatic heterocycles. The highest BCUT2D eigenvalue weighted by atomic mass is 35.5. The molecule has 214 valence electrons. The molecule has 41 heavy (non-hydrogen) atoms. The van der Waals surface area contributed by atoms with Crippen LogP contribution in [0.4, 0.5) is 16.2 Å². The van der Waals surface area contributed by atoms with E-state index in [4.69, 9.17) is 21.1 Å². The van der Waals surface area contributed by atoms with E-state index in [1.165, 1.54) is 0 Å². The summed E-state index contributed by atoms with van der Waals surface area (Å²) in [5, 5.41) is 10.9. The molecule has 1 aliphatic heterocycles. The van der Waals surface area contributed by atoms with Crippen LogP contribution in [0.5, 0.6) is 5.75 Å². The van der Waals surface area contributed by atoms with Gasteiger partial charge in [-0.1, -0.05) is 35.9 Å². The molecule has 0 bridgehead atoms. The van der Waals surface area contributed by atoms with Gasteiger partial charge in [-0.05, 0) is 74.9 Å². The van der Waals surface area contributed by atoms with Crippen LogP contribution in [-0.4, -0.2) is 52.0 Å². The molecule has 0 spiro atoms. The first-order valence-electron chi connectivity index (χ1n) is 13.6. The van der Waals surface area contributed by atoms with Crippen LogP contribution < -0.4 is 15.6 Å². The molecule has 1 aliphatic rings. The Kier molecular flexibility index (Phi) is 8.17. The highest BCUT2D eigenvalue weighted by Gasteiger charge is 2.28. The van der Waals surface area contributed by atoms with Crippen LogP contribution in [0, 0.1) is 0 Å². The second-order valence-corrected chi connectivity index (χ2v) is 11.6. The lowest BCUT2D eigenvalue weighted by Crippen LogP contribution is -2.41. The van der Waals surface area contributed by atoms with E-state index in [-0.39, 0.29) is 17.6 Å². The number of benzene rings is 2. The Balaban J connectivity index is 1.39. The number of likely N-dealkylation sites (tertiary alicyclic amines) is 1. The topological polar surface area (TPSA) is 109 Å². The summed E-state index contributed by atoms with van der Waals surface area (Å²) >= 11 is 6.40. The van der Waals surface area contributed by atoms with Gasteiger partial charge in [0, 0.05) is 30.2 Å². The lowest BCUT2D eigenvalue weighted by atomic mass is 9.89. The third-order valence-corrected chi connectivity index (χ3v) is 7.49. The number of pyridine rings is 1. The molecule has 2 N–H and O–H groups in total. The molecular weight excluding hydrogens is 542 g/mol. The Morgan fingerprint density at radius 2 is 1.88 bits per heavy atom. The zero-order valence-electron chi connectivity index (χ0n) is 23.7. The maximum Gasteiger partial charge on any atom is 0.410 e. The highest BCUT2D eigenvalue weighted by Crippen LogP contribution is 2.36. The summed E-state index contributed by atoms with van der Waals surface area (Å²) in [7, 11) is 1.62. The number of fused-ring (bicyclic) bond motifs is 1. The van der Waals surface area contributed by atoms with Crippen LogP contribution in [0.25, 0.3) is 10.9 Å². The van der Waals surface area contributed by atoms with Crippen molar-refractivity contribution in [1.29, 1.82) is 0 Å². The van der Waals surface area contributed by atoms with Crippen molar-refractivity contribution in [2.75, 3.05) is 25.5 Å². The van der Waals surface area contributed by atoms with Gasteiger partial charge in [0.2, 0.25) is 0 Å². The number of aromatic amines is 1. The molecule has 2 aromatic carbocycles. The Morgan fingerprint density at radius 3 is 2.59 bits per heavy atom. The summed E-state index contributed by atoms with van der Waals surface area (Å²) in [5.74, 6) is 0.940. The molecule has 1 amide bonds. The van der Waals surface area contributed by atoms with Gasteiger partial charge in [-0.3, -0.25) is 9.78 Å². The lowest BCUT2D eigenvalue weighted by molar-refractivity contribution is 0.0205. The van der Waals surface area contributed by atoms with Crippen LogP contribution in [-0.2, 0) is 11.2 Å². The maximum absolute atomic E-state index is 12.8. The normalized spacial score (nSPS) is 14.2. The van der Waals surface area contributed by atoms with Crippen LogP contribution >= 0.6 is 11.6 Å². The Labute approximate surface area is 243 Å². The Bertz CT molecular complexity index is 1620. The number of methoxy groups -OCH3 is 1. The fraction of sp³-hybridized carbons (Fsp3) is 0.355. The molecule has 1 fully saturated rings. The first-order valence-corrected chi connectivity index (χ1v) is 14.0. The second-order valence-electron chi connectivity index (χ2n) is 11.2. The minimum absolute atomic E-state index is 0.267. The number of hydrogen-bond acceptors (Lipinski definition) is 7. The van der Waals surface area contributed by atoms with Crippen molar-refractivity contribution in [3.8, 4) is 5.75 Å². The monoisotopic (exact) mass is 575 g/mol. The minimum atomic E-state index is -0.513. The number of carbonyl (C=O) groups is 1. The van der Waals surface area contributed by atoms with Gasteiger partial charge in [0.15, 0.2) is 0 Å². The van der Waals surface area contributed by atoms with Gasteiger partial charge < -0.3 is 19.7 Å². The molecule has 0 atom stereocenters. The summed E-state index contributed by atoms with van der Waals surface area (Å²) in [6.45, 7) is 6.90. The van der Waals surface area contributed by atoms with Gasteiger partial charge in [-0.2, -0.15) is 5.10 Å². The lowest BCUT2D eigenvalue weighted by Gasteiger charge is -2.33. The van der Waals surface area contributed by atoms with E-state index >= 15 is 0 Å². The number of halogens is 1. The number of hydrogen-bond donors (Lipinski definition) is 2. The van der Waals surface area contributed by atoms with Crippen LogP contribution in [0.1, 0.15) is 56.4 Å². The number of anilines is 2. The number of rotatable bonds is 6. The van der Waals surface area contributed by atoms with Gasteiger partial charge in [0.25, 0.3) is 5.56 Å². The molecule has 0 saturated carbocycles. The SMILES string of the molecule is COc1cc(C2CCN(C(=O)OC(C)(C)C)CC2)ccc1Nc1cc(Cc2ccccc2Cl)nc2cn[nH]c(=O)c12. The number of piperidine rings is 1. The zero-order chi connectivity index (χ0) is 29.1. The molecule has 1 saturated heterocycles. The van der Waals surface area contributed by atoms with Crippen LogP contribution in [0.15, 0.2) is 59.5 Å². The number of ether oxygens (including phenoxy) is 2. The molecule has 0 radical (unpaired) electrons. The molecule has 0 aliphatic carbocycles. The fourth-order valence-electron chi connectivity index (χ4n) is 5.12. The van der Waals surface area contributed by atoms with Crippen molar-refractivity contribution in [1.82, 2.24) is 20.1 Å². The molecule has 9 nitrogen and oxygen atoms in total. The smallest absolute Gasteiger partial charge is 0.410 e. The van der Waals surface area contributed by atoms with E-state index in [0.717, 1.165) is 35.3 Å². The van der Waals surface area contributed by atoms with Crippen molar-refractivity contribution in [2.24, 2.45) is 0 Å². The Hall–Kier alpha value is -4.11. The van der Waals surface area contributed by atoms with Crippen LogP contribution in [0.2, 0.25) is 5.02 Å². The standard InChI is InChI=1S/C31H34ClN5O4/c1-31(2,3)41-30(39)37-13-11-19(12-14-37)20-9-10-24(27(16-20)40-4)35-25-17-22(15-21-7-5-6-8-23(21)32)34-26-18-33-36-29(38)28(25)26/h5-10,16-19H,11-15H2,1-4H3,(H,34,35)(H,36,38). The average molecular weight is 576 g/mol. The molecule has 0 unspecified atom stereocenters. The van der Waals surface area contributed by atoms with Crippen molar-refractivity contribution < 1.29 is 14.3 Å². The zero-order valence-corrected chi connectivity index (χ0v) is 24.4. The number of nitrogens with zero attached hydrogens (tertiary/aromatic N) is 3. The van der Waals surface area contributed by atoms with Gasteiger partial charge >= 0.3 is 6.09 Å². The van der Waals surface area contributed by atoms with E-state index in [1.807, 2.05) is 63.2 Å². The average Bonchev–Trinajstić information content (AvgIpc) is 2.93. The van der Waals surface area contributed by atoms with E-state index in [0.29, 0.717) is 46.9 Å². The van der Waals surface area contributed by atoms with Gasteiger partial charge in [-0.25, -0.2) is 9.89 Å². The molecule has 10 heteroatoms. The van der Waals surface area contributed by atoms with Crippen molar-refractivity contribution in [2.45, 2.75) is 51.6 Å². The first-order chi connectivity index (χ1) is 19.6. The number of aromatic nitrogens is 3. The van der Waals surface area contributed by atoms with Gasteiger partial charge in [0.05, 0.1) is 35.6 Å². The number of H-pyrrole nitrogens is 1. The van der Waals surface area contributed by atoms with Gasteiger partial charge in [0.1, 0.15) is 11.4 Å². The molecular formula is C31H34ClN5O4. The van der Waals surface area contributed by atoms with E-state index in [1.54, 1.807) is 18.2 Å². The molecule has 5 rings (SSSR count). The molecule has 3 heterocycles. The molecule has 4 aromatic rings. The number of amides is 1. The highest BCUT2D eigenvalue weighted by molar-refractivity contribution is 6.31. The Morgan fingerprint density at radius 1 is 1.12 bits per heavy atom. The summed E-state index contributed by atoms with van der Waals surface area (Å²) in [6, 6.07) is 15.5. The van der Waals surface area contributed by atoms with Crippen molar-refractivity contribution in [3.05, 3.63) is 86.9 Å². The summed E-state index contributed by atoms with van der Waals surface area (Å²) in [6.07, 6.45) is 3.43. The number of nitrogens with one attached hydrogen (secondary N) is 2. The van der Waals surface area contributed by atoms with E-state index in [2.05, 4.69) is 26.6 Å². The predicted molar refractivity (Wildman–Crippen MR) is 160 cm³/mol. The van der Waals surface area contributed by atoms with E-state index in [9.17, 15) is 9.59 Å². The third kappa shape index (κ3) is 6.62. The van der Waals surface area contributed by atoms with E-state index < -0.39 is 5.60 Å². The third-order valence-electron chi connectivity index (χ3n) is 7.12. The largest absolute Gasteiger partial charge is 0.495 e. The van der Waals surface area contributed by atoms with Crippen molar-refractivity contribution in [3.63, 3.8) is 0 Å². The first kappa shape index (κ1) is 28.4. The number of carbonyl (C=O) groups excluding carboxylic acids is 1. The minimum Gasteiger partial charge on any atom is -0.495 e. The maximum atomic E-state index is 12.8. The van der Waals surface area contributed by atoms with Gasteiger partial charge in [-0.15, -0.1) is 0 Å². The predicted octanol–water partition coefficient (Wildman–Crippen LogP) is 6.43. The van der Waals surface area contributed by atoms with Crippen LogP contribution in [0.3, 0.4) is 0 Å².